The van der Waals surface area contributed by atoms with Crippen LogP contribution in [0.15, 0.2) is 12.5 Å². The molecule has 0 amide bonds. The van der Waals surface area contributed by atoms with E-state index in [1.54, 1.807) is 6.20 Å². The Balaban J connectivity index is 2.54. The fourth-order valence-electron chi connectivity index (χ4n) is 0.669. The highest BCUT2D eigenvalue weighted by molar-refractivity contribution is 5.23. The van der Waals surface area contributed by atoms with Gasteiger partial charge in [-0.05, 0) is 0 Å². The van der Waals surface area contributed by atoms with E-state index < -0.39 is 0 Å². The zero-order valence-corrected chi connectivity index (χ0v) is 4.57. The van der Waals surface area contributed by atoms with E-state index in [1.807, 2.05) is 0 Å². The molecule has 0 atom stereocenters. The monoisotopic (exact) mass is 124 g/mol. The van der Waals surface area contributed by atoms with E-state index in [9.17, 15) is 0 Å². The second-order valence-electron chi connectivity index (χ2n) is 1.68. The molecule has 4 heteroatoms. The maximum atomic E-state index is 4.67. The predicted molar refractivity (Wildman–Crippen MR) is 27.4 cm³/mol. The molecule has 0 aromatic carbocycles. The van der Waals surface area contributed by atoms with Crippen molar-refractivity contribution in [2.24, 2.45) is 0 Å². The van der Waals surface area contributed by atoms with Gasteiger partial charge in [0.1, 0.15) is 18.6 Å². The van der Waals surface area contributed by atoms with Gasteiger partial charge in [0.05, 0.1) is 6.20 Å². The molecule has 9 heavy (non-hydrogen) atoms. The predicted octanol–water partition coefficient (Wildman–Crippen LogP) is 0.301. The number of fused-ring (bicyclic) bond motifs is 1. The minimum Gasteiger partial charge on any atom is -0.333 e. The molecule has 0 aliphatic carbocycles. The first-order valence-corrected chi connectivity index (χ1v) is 2.55. The zero-order chi connectivity index (χ0) is 6.10. The Morgan fingerprint density at radius 2 is 2.56 bits per heavy atom. The van der Waals surface area contributed by atoms with E-state index in [-0.39, 0.29) is 0 Å². The van der Waals surface area contributed by atoms with Crippen LogP contribution in [0.3, 0.4) is 0 Å². The van der Waals surface area contributed by atoms with Crippen molar-refractivity contribution in [3.05, 3.63) is 18.2 Å². The van der Waals surface area contributed by atoms with Crippen LogP contribution in [0.25, 0.3) is 0 Å². The van der Waals surface area contributed by atoms with E-state index >= 15 is 0 Å². The van der Waals surface area contributed by atoms with Crippen molar-refractivity contribution < 1.29 is 9.78 Å². The highest BCUT2D eigenvalue weighted by atomic mass is 17.2. The summed E-state index contributed by atoms with van der Waals surface area (Å²) in [5.74, 6) is 0.623. The Labute approximate surface area is 51.4 Å². The molecule has 4 nitrogen and oxygen atoms in total. The van der Waals surface area contributed by atoms with Gasteiger partial charge in [-0.15, -0.1) is 0 Å². The molecule has 0 spiro atoms. The van der Waals surface area contributed by atoms with Crippen molar-refractivity contribution in [3.8, 4) is 5.75 Å². The van der Waals surface area contributed by atoms with Gasteiger partial charge in [-0.3, -0.25) is 0 Å². The molecular formula is C5H4N2O2. The summed E-state index contributed by atoms with van der Waals surface area (Å²) in [5.41, 5.74) is 0.810. The van der Waals surface area contributed by atoms with E-state index in [4.69, 9.17) is 0 Å². The first-order chi connectivity index (χ1) is 4.47. The highest BCUT2D eigenvalue weighted by Gasteiger charge is 2.13. The quantitative estimate of drug-likeness (QED) is 0.466. The summed E-state index contributed by atoms with van der Waals surface area (Å²) in [5, 5.41) is 0. The van der Waals surface area contributed by atoms with Crippen LogP contribution in [-0.4, -0.2) is 9.97 Å². The normalized spacial score (nSPS) is 14.7. The molecule has 0 saturated heterocycles. The van der Waals surface area contributed by atoms with Gasteiger partial charge in [-0.1, -0.05) is 0 Å². The van der Waals surface area contributed by atoms with Crippen LogP contribution >= 0.6 is 0 Å². The summed E-state index contributed by atoms with van der Waals surface area (Å²) in [6, 6.07) is 0. The minimum atomic E-state index is 0.428. The molecular weight excluding hydrogens is 120 g/mol. The molecule has 0 N–H and O–H groups in total. The molecule has 1 aliphatic rings. The SMILES string of the molecule is c1ncc2c(n1)COO2. The Morgan fingerprint density at radius 3 is 3.44 bits per heavy atom. The molecule has 0 fully saturated rings. The largest absolute Gasteiger partial charge is 0.333 e. The highest BCUT2D eigenvalue weighted by Crippen LogP contribution is 2.20. The molecule has 1 aliphatic heterocycles. The molecule has 0 bridgehead atoms. The lowest BCUT2D eigenvalue weighted by atomic mass is 10.4. The third-order valence-electron chi connectivity index (χ3n) is 1.10. The lowest BCUT2D eigenvalue weighted by Crippen LogP contribution is -1.82. The lowest BCUT2D eigenvalue weighted by molar-refractivity contribution is -0.194. The van der Waals surface area contributed by atoms with Crippen LogP contribution in [0.5, 0.6) is 5.75 Å². The fourth-order valence-corrected chi connectivity index (χ4v) is 0.669. The summed E-state index contributed by atoms with van der Waals surface area (Å²) in [4.78, 5) is 16.9. The third kappa shape index (κ3) is 0.639. The summed E-state index contributed by atoms with van der Waals surface area (Å²) in [6.07, 6.45) is 3.05. The van der Waals surface area contributed by atoms with Gasteiger partial charge in [0.25, 0.3) is 0 Å². The molecule has 2 heterocycles. The fraction of sp³-hybridized carbons (Fsp3) is 0.200. The third-order valence-corrected chi connectivity index (χ3v) is 1.10. The van der Waals surface area contributed by atoms with Crippen molar-refractivity contribution in [1.29, 1.82) is 0 Å². The van der Waals surface area contributed by atoms with Crippen LogP contribution in [0.2, 0.25) is 0 Å². The van der Waals surface area contributed by atoms with E-state index in [1.165, 1.54) is 6.33 Å². The van der Waals surface area contributed by atoms with Crippen molar-refractivity contribution >= 4 is 0 Å². The van der Waals surface area contributed by atoms with Crippen molar-refractivity contribution in [2.45, 2.75) is 6.61 Å². The molecule has 1 aromatic heterocycles. The molecule has 0 saturated carbocycles. The van der Waals surface area contributed by atoms with Crippen LogP contribution in [0, 0.1) is 0 Å². The minimum absolute atomic E-state index is 0.428. The Morgan fingerprint density at radius 1 is 1.56 bits per heavy atom. The van der Waals surface area contributed by atoms with Crippen molar-refractivity contribution in [1.82, 2.24) is 9.97 Å². The second kappa shape index (κ2) is 1.66. The Hall–Kier alpha value is -1.16. The van der Waals surface area contributed by atoms with Gasteiger partial charge < -0.3 is 4.89 Å². The van der Waals surface area contributed by atoms with Crippen molar-refractivity contribution in [3.63, 3.8) is 0 Å². The van der Waals surface area contributed by atoms with E-state index in [2.05, 4.69) is 19.7 Å². The van der Waals surface area contributed by atoms with Gasteiger partial charge in [-0.25, -0.2) is 9.97 Å². The van der Waals surface area contributed by atoms with Gasteiger partial charge >= 0.3 is 0 Å². The number of hydrogen-bond acceptors (Lipinski definition) is 4. The standard InChI is InChI=1S/C5H4N2O2/c1-5-4(2-8-9-5)7-3-6-1/h1,3H,2H2. The van der Waals surface area contributed by atoms with Gasteiger partial charge in [0.2, 0.25) is 5.75 Å². The molecule has 0 radical (unpaired) electrons. The zero-order valence-electron chi connectivity index (χ0n) is 4.57. The summed E-state index contributed by atoms with van der Waals surface area (Å²) < 4.78 is 0. The topological polar surface area (TPSA) is 44.2 Å². The Kier molecular flexibility index (Phi) is 0.868. The number of nitrogens with zero attached hydrogens (tertiary/aromatic N) is 2. The lowest BCUT2D eigenvalue weighted by Gasteiger charge is -1.88. The van der Waals surface area contributed by atoms with Gasteiger partial charge in [0, 0.05) is 0 Å². The number of rotatable bonds is 0. The number of aromatic nitrogens is 2. The maximum Gasteiger partial charge on any atom is 0.207 e. The van der Waals surface area contributed by atoms with Crippen LogP contribution < -0.4 is 4.89 Å². The summed E-state index contributed by atoms with van der Waals surface area (Å²) >= 11 is 0. The molecule has 0 unspecified atom stereocenters. The molecule has 46 valence electrons. The summed E-state index contributed by atoms with van der Waals surface area (Å²) in [6.45, 7) is 0.428. The van der Waals surface area contributed by atoms with Gasteiger partial charge in [-0.2, -0.15) is 4.89 Å². The first-order valence-electron chi connectivity index (χ1n) is 2.55. The van der Waals surface area contributed by atoms with Crippen LogP contribution in [0.1, 0.15) is 5.69 Å². The Bertz CT molecular complexity index is 203. The molecule has 1 aromatic rings. The maximum absolute atomic E-state index is 4.67. The van der Waals surface area contributed by atoms with Gasteiger partial charge in [0.15, 0.2) is 0 Å². The smallest absolute Gasteiger partial charge is 0.207 e. The number of hydrogen-bond donors (Lipinski definition) is 0. The van der Waals surface area contributed by atoms with E-state index in [0.29, 0.717) is 12.4 Å². The molecule has 2 rings (SSSR count). The van der Waals surface area contributed by atoms with Crippen molar-refractivity contribution in [2.75, 3.05) is 0 Å². The average molecular weight is 124 g/mol. The first kappa shape index (κ1) is 4.69. The van der Waals surface area contributed by atoms with Crippen LogP contribution in [-0.2, 0) is 11.5 Å². The van der Waals surface area contributed by atoms with E-state index in [0.717, 1.165) is 5.69 Å². The summed E-state index contributed by atoms with van der Waals surface area (Å²) in [7, 11) is 0. The second-order valence-corrected chi connectivity index (χ2v) is 1.68. The van der Waals surface area contributed by atoms with Crippen LogP contribution in [0.4, 0.5) is 0 Å². The average Bonchev–Trinajstić information content (AvgIpc) is 2.33.